The van der Waals surface area contributed by atoms with Crippen molar-refractivity contribution in [3.05, 3.63) is 72.3 Å². The summed E-state index contributed by atoms with van der Waals surface area (Å²) in [5, 5.41) is 16.4. The van der Waals surface area contributed by atoms with Gasteiger partial charge in [-0.25, -0.2) is 0 Å². The Morgan fingerprint density at radius 1 is 0.969 bits per heavy atom. The maximum atomic E-state index is 10.9. The van der Waals surface area contributed by atoms with Gasteiger partial charge in [-0.15, -0.1) is 0 Å². The van der Waals surface area contributed by atoms with Gasteiger partial charge in [0.2, 0.25) is 0 Å². The van der Waals surface area contributed by atoms with Crippen molar-refractivity contribution in [2.75, 3.05) is 39.3 Å². The van der Waals surface area contributed by atoms with Crippen LogP contribution in [0.5, 0.6) is 11.5 Å². The van der Waals surface area contributed by atoms with Crippen LogP contribution in [0.1, 0.15) is 24.9 Å². The van der Waals surface area contributed by atoms with E-state index in [1.54, 1.807) is 6.07 Å². The van der Waals surface area contributed by atoms with Crippen LogP contribution in [0.25, 0.3) is 21.8 Å². The number of nitrogens with one attached hydrogen (secondary N) is 1. The molecule has 1 aromatic heterocycles. The zero-order valence-corrected chi connectivity index (χ0v) is 18.6. The van der Waals surface area contributed by atoms with E-state index < -0.39 is 0 Å². The summed E-state index contributed by atoms with van der Waals surface area (Å²) in [4.78, 5) is 2.44. The van der Waals surface area contributed by atoms with Gasteiger partial charge in [-0.2, -0.15) is 0 Å². The molecular formula is C27H31N3O2. The van der Waals surface area contributed by atoms with Crippen LogP contribution in [0.4, 0.5) is 0 Å². The van der Waals surface area contributed by atoms with Crippen molar-refractivity contribution in [2.24, 2.45) is 0 Å². The van der Waals surface area contributed by atoms with Gasteiger partial charge >= 0.3 is 0 Å². The highest BCUT2D eigenvalue weighted by Gasteiger charge is 2.23. The predicted octanol–water partition coefficient (Wildman–Crippen LogP) is 4.78. The fraction of sp³-hybridized carbons (Fsp3) is 0.333. The van der Waals surface area contributed by atoms with E-state index in [0.717, 1.165) is 66.7 Å². The lowest BCUT2D eigenvalue weighted by molar-refractivity contribution is 0.192. The zero-order valence-electron chi connectivity index (χ0n) is 18.6. The van der Waals surface area contributed by atoms with Gasteiger partial charge in [0.05, 0.1) is 17.1 Å². The van der Waals surface area contributed by atoms with Gasteiger partial charge in [0.1, 0.15) is 18.1 Å². The summed E-state index contributed by atoms with van der Waals surface area (Å²) in [5.41, 5.74) is 3.20. The summed E-state index contributed by atoms with van der Waals surface area (Å²) in [7, 11) is 0. The van der Waals surface area contributed by atoms with E-state index in [1.165, 1.54) is 5.56 Å². The van der Waals surface area contributed by atoms with Gasteiger partial charge in [-0.05, 0) is 30.2 Å². The molecule has 166 valence electrons. The molecular weight excluding hydrogens is 398 g/mol. The smallest absolute Gasteiger partial charge is 0.139 e. The molecule has 1 fully saturated rings. The van der Waals surface area contributed by atoms with Crippen molar-refractivity contribution in [1.29, 1.82) is 0 Å². The SMILES string of the molecule is CCC(c1ccccc1)n1c2cccc(OCCN3CCNCC3)c2c2cccc(O)c21. The summed E-state index contributed by atoms with van der Waals surface area (Å²) in [6, 6.07) is 22.7. The van der Waals surface area contributed by atoms with Crippen LogP contribution < -0.4 is 10.1 Å². The number of aromatic nitrogens is 1. The van der Waals surface area contributed by atoms with E-state index in [1.807, 2.05) is 12.1 Å². The van der Waals surface area contributed by atoms with Crippen LogP contribution in [-0.4, -0.2) is 53.9 Å². The first-order valence-corrected chi connectivity index (χ1v) is 11.6. The van der Waals surface area contributed by atoms with Crippen LogP contribution in [0.15, 0.2) is 66.7 Å². The Bertz CT molecular complexity index is 1200. The van der Waals surface area contributed by atoms with E-state index in [0.29, 0.717) is 12.4 Å². The molecule has 32 heavy (non-hydrogen) atoms. The molecule has 3 aromatic carbocycles. The Morgan fingerprint density at radius 3 is 2.53 bits per heavy atom. The minimum atomic E-state index is 0.126. The zero-order chi connectivity index (χ0) is 21.9. The van der Waals surface area contributed by atoms with Crippen molar-refractivity contribution >= 4 is 21.8 Å². The van der Waals surface area contributed by atoms with Crippen LogP contribution >= 0.6 is 0 Å². The lowest BCUT2D eigenvalue weighted by atomic mass is 10.0. The Labute approximate surface area is 189 Å². The molecule has 0 aliphatic carbocycles. The molecule has 1 atom stereocenters. The van der Waals surface area contributed by atoms with Crippen molar-refractivity contribution in [3.8, 4) is 11.5 Å². The van der Waals surface area contributed by atoms with Crippen LogP contribution in [0.3, 0.4) is 0 Å². The normalized spacial score (nSPS) is 15.9. The quantitative estimate of drug-likeness (QED) is 0.444. The lowest BCUT2D eigenvalue weighted by Crippen LogP contribution is -2.44. The predicted molar refractivity (Wildman–Crippen MR) is 131 cm³/mol. The largest absolute Gasteiger partial charge is 0.506 e. The first-order chi connectivity index (χ1) is 15.8. The number of hydrogen-bond donors (Lipinski definition) is 2. The molecule has 0 spiro atoms. The summed E-state index contributed by atoms with van der Waals surface area (Å²) in [6.07, 6.45) is 0.922. The van der Waals surface area contributed by atoms with Crippen LogP contribution in [0.2, 0.25) is 0 Å². The minimum Gasteiger partial charge on any atom is -0.506 e. The van der Waals surface area contributed by atoms with Crippen molar-refractivity contribution < 1.29 is 9.84 Å². The number of phenols is 1. The highest BCUT2D eigenvalue weighted by Crippen LogP contribution is 2.42. The van der Waals surface area contributed by atoms with Gasteiger partial charge in [0.15, 0.2) is 0 Å². The number of piperazine rings is 1. The maximum absolute atomic E-state index is 10.9. The third-order valence-electron chi connectivity index (χ3n) is 6.55. The molecule has 5 nitrogen and oxygen atoms in total. The molecule has 5 rings (SSSR count). The molecule has 1 unspecified atom stereocenters. The monoisotopic (exact) mass is 429 g/mol. The molecule has 4 aromatic rings. The fourth-order valence-electron chi connectivity index (χ4n) is 5.00. The van der Waals surface area contributed by atoms with E-state index in [2.05, 4.69) is 70.2 Å². The highest BCUT2D eigenvalue weighted by atomic mass is 16.5. The van der Waals surface area contributed by atoms with E-state index in [4.69, 9.17) is 4.74 Å². The van der Waals surface area contributed by atoms with Crippen LogP contribution in [-0.2, 0) is 0 Å². The van der Waals surface area contributed by atoms with Gasteiger partial charge < -0.3 is 19.7 Å². The summed E-state index contributed by atoms with van der Waals surface area (Å²) < 4.78 is 8.64. The second-order valence-electron chi connectivity index (χ2n) is 8.47. The number of hydrogen-bond acceptors (Lipinski definition) is 4. The second-order valence-corrected chi connectivity index (χ2v) is 8.47. The Balaban J connectivity index is 1.59. The Morgan fingerprint density at radius 2 is 1.75 bits per heavy atom. The van der Waals surface area contributed by atoms with E-state index >= 15 is 0 Å². The maximum Gasteiger partial charge on any atom is 0.139 e. The highest BCUT2D eigenvalue weighted by molar-refractivity contribution is 6.13. The fourth-order valence-corrected chi connectivity index (χ4v) is 5.00. The Kier molecular flexibility index (Phi) is 6.02. The third kappa shape index (κ3) is 3.83. The first-order valence-electron chi connectivity index (χ1n) is 11.6. The number of ether oxygens (including phenoxy) is 1. The first kappa shape index (κ1) is 20.9. The summed E-state index contributed by atoms with van der Waals surface area (Å²) in [6.45, 7) is 7.99. The molecule has 1 saturated heterocycles. The molecule has 5 heteroatoms. The molecule has 0 amide bonds. The number of rotatable bonds is 7. The number of benzene rings is 3. The number of fused-ring (bicyclic) bond motifs is 3. The lowest BCUT2D eigenvalue weighted by Gasteiger charge is -2.27. The van der Waals surface area contributed by atoms with Gasteiger partial charge in [0.25, 0.3) is 0 Å². The topological polar surface area (TPSA) is 49.7 Å². The molecule has 1 aliphatic rings. The van der Waals surface area contributed by atoms with E-state index in [9.17, 15) is 5.11 Å². The van der Waals surface area contributed by atoms with Crippen molar-refractivity contribution in [3.63, 3.8) is 0 Å². The summed E-state index contributed by atoms with van der Waals surface area (Å²) >= 11 is 0. The van der Waals surface area contributed by atoms with Crippen LogP contribution in [0, 0.1) is 0 Å². The average molecular weight is 430 g/mol. The van der Waals surface area contributed by atoms with Crippen molar-refractivity contribution in [1.82, 2.24) is 14.8 Å². The van der Waals surface area contributed by atoms with Crippen molar-refractivity contribution in [2.45, 2.75) is 19.4 Å². The summed E-state index contributed by atoms with van der Waals surface area (Å²) in [5.74, 6) is 1.19. The molecule has 1 aliphatic heterocycles. The number of phenolic OH excluding ortho intramolecular Hbond substituents is 1. The standard InChI is InChI=1S/C27H31N3O2/c1-2-22(20-8-4-3-5-9-20)30-23-11-7-13-25(32-19-18-29-16-14-28-15-17-29)26(23)21-10-6-12-24(31)27(21)30/h3-13,22,28,31H,2,14-19H2,1H3. The van der Waals surface area contributed by atoms with E-state index in [-0.39, 0.29) is 6.04 Å². The second kappa shape index (κ2) is 9.23. The average Bonchev–Trinajstić information content (AvgIpc) is 3.18. The molecule has 0 saturated carbocycles. The molecule has 2 N–H and O–H groups in total. The van der Waals surface area contributed by atoms with Gasteiger partial charge in [0, 0.05) is 43.5 Å². The molecule has 0 radical (unpaired) electrons. The van der Waals surface area contributed by atoms with Gasteiger partial charge in [-0.1, -0.05) is 55.5 Å². The Hall–Kier alpha value is -3.02. The minimum absolute atomic E-state index is 0.126. The molecule has 2 heterocycles. The number of nitrogens with zero attached hydrogens (tertiary/aromatic N) is 2. The molecule has 0 bridgehead atoms. The number of para-hydroxylation sites is 1. The van der Waals surface area contributed by atoms with Gasteiger partial charge in [-0.3, -0.25) is 4.90 Å². The number of aromatic hydroxyl groups is 1. The third-order valence-corrected chi connectivity index (χ3v) is 6.55.